The molecule has 1 aliphatic rings. The Kier molecular flexibility index (Phi) is 7.76. The fraction of sp³-hybridized carbons (Fsp3) is 0.435. The average Bonchev–Trinajstić information content (AvgIpc) is 3.26. The summed E-state index contributed by atoms with van der Waals surface area (Å²) in [6.07, 6.45) is 3.49. The topological polar surface area (TPSA) is 68.8 Å². The molecule has 6 nitrogen and oxygen atoms in total. The van der Waals surface area contributed by atoms with Gasteiger partial charge in [-0.3, -0.25) is 4.79 Å². The van der Waals surface area contributed by atoms with Crippen molar-refractivity contribution in [3.63, 3.8) is 0 Å². The van der Waals surface area contributed by atoms with Gasteiger partial charge >= 0.3 is 0 Å². The highest BCUT2D eigenvalue weighted by atomic mass is 16.5. The normalized spacial score (nSPS) is 16.8. The van der Waals surface area contributed by atoms with Crippen molar-refractivity contribution in [2.45, 2.75) is 45.3 Å². The lowest BCUT2D eigenvalue weighted by Gasteiger charge is -2.13. The van der Waals surface area contributed by atoms with E-state index < -0.39 is 0 Å². The molecule has 1 amide bonds. The number of carbonyl (C=O) groups is 1. The van der Waals surface area contributed by atoms with Crippen LogP contribution in [0.15, 0.2) is 48.5 Å². The highest BCUT2D eigenvalue weighted by Gasteiger charge is 2.15. The van der Waals surface area contributed by atoms with E-state index in [1.807, 2.05) is 55.5 Å². The standard InChI is InChI=1S/C23H30N2O4/c1-3-17(2)29-21-12-8-19(9-13-21)25-23(26)15-24-18-6-10-20(11-7-18)28-16-22-5-4-14-27-22/h6-13,17,22,24H,3-5,14-16H2,1-2H3,(H,25,26). The molecule has 0 radical (unpaired) electrons. The third kappa shape index (κ3) is 6.98. The molecule has 2 aromatic carbocycles. The maximum atomic E-state index is 12.2. The van der Waals surface area contributed by atoms with E-state index in [1.54, 1.807) is 0 Å². The molecule has 0 bridgehead atoms. The molecule has 0 saturated carbocycles. The van der Waals surface area contributed by atoms with E-state index in [0.717, 1.165) is 48.7 Å². The molecular formula is C23H30N2O4. The van der Waals surface area contributed by atoms with Crippen LogP contribution in [0.25, 0.3) is 0 Å². The van der Waals surface area contributed by atoms with Crippen LogP contribution in [0.3, 0.4) is 0 Å². The van der Waals surface area contributed by atoms with E-state index in [1.165, 1.54) is 0 Å². The zero-order valence-corrected chi connectivity index (χ0v) is 17.1. The Labute approximate surface area is 172 Å². The molecule has 2 atom stereocenters. The largest absolute Gasteiger partial charge is 0.491 e. The quantitative estimate of drug-likeness (QED) is 0.618. The molecule has 29 heavy (non-hydrogen) atoms. The Hall–Kier alpha value is -2.73. The predicted molar refractivity (Wildman–Crippen MR) is 115 cm³/mol. The Morgan fingerprint density at radius 3 is 2.45 bits per heavy atom. The van der Waals surface area contributed by atoms with Crippen LogP contribution in [0.5, 0.6) is 11.5 Å². The van der Waals surface area contributed by atoms with E-state index in [-0.39, 0.29) is 24.7 Å². The van der Waals surface area contributed by atoms with Crippen LogP contribution in [-0.2, 0) is 9.53 Å². The molecule has 156 valence electrons. The van der Waals surface area contributed by atoms with Gasteiger partial charge < -0.3 is 24.8 Å². The fourth-order valence-corrected chi connectivity index (χ4v) is 2.95. The summed E-state index contributed by atoms with van der Waals surface area (Å²) in [6.45, 7) is 5.70. The molecule has 1 heterocycles. The van der Waals surface area contributed by atoms with E-state index in [0.29, 0.717) is 6.61 Å². The summed E-state index contributed by atoms with van der Waals surface area (Å²) in [5.41, 5.74) is 1.60. The smallest absolute Gasteiger partial charge is 0.243 e. The first-order chi connectivity index (χ1) is 14.1. The Morgan fingerprint density at radius 1 is 1.10 bits per heavy atom. The SMILES string of the molecule is CCC(C)Oc1ccc(NC(=O)CNc2ccc(OCC3CCCO3)cc2)cc1. The summed E-state index contributed by atoms with van der Waals surface area (Å²) in [6, 6.07) is 15.0. The Balaban J connectivity index is 1.39. The van der Waals surface area contributed by atoms with Gasteiger partial charge in [-0.15, -0.1) is 0 Å². The van der Waals surface area contributed by atoms with Gasteiger partial charge in [0.05, 0.1) is 18.8 Å². The van der Waals surface area contributed by atoms with Gasteiger partial charge in [0.25, 0.3) is 0 Å². The molecule has 2 N–H and O–H groups in total. The van der Waals surface area contributed by atoms with Crippen molar-refractivity contribution in [3.8, 4) is 11.5 Å². The number of carbonyl (C=O) groups excluding carboxylic acids is 1. The summed E-state index contributed by atoms with van der Waals surface area (Å²) in [5, 5.41) is 5.99. The third-order valence-corrected chi connectivity index (χ3v) is 4.82. The van der Waals surface area contributed by atoms with Crippen molar-refractivity contribution < 1.29 is 19.0 Å². The van der Waals surface area contributed by atoms with E-state index in [9.17, 15) is 4.79 Å². The number of benzene rings is 2. The number of anilines is 2. The van der Waals surface area contributed by atoms with E-state index >= 15 is 0 Å². The molecule has 6 heteroatoms. The summed E-state index contributed by atoms with van der Waals surface area (Å²) in [5.74, 6) is 1.49. The van der Waals surface area contributed by atoms with Crippen LogP contribution in [0.4, 0.5) is 11.4 Å². The fourth-order valence-electron chi connectivity index (χ4n) is 2.95. The monoisotopic (exact) mass is 398 g/mol. The Morgan fingerprint density at radius 2 is 1.79 bits per heavy atom. The van der Waals surface area contributed by atoms with Crippen molar-refractivity contribution >= 4 is 17.3 Å². The minimum atomic E-state index is -0.112. The molecule has 1 fully saturated rings. The lowest BCUT2D eigenvalue weighted by atomic mass is 10.2. The highest BCUT2D eigenvalue weighted by molar-refractivity contribution is 5.93. The first-order valence-corrected chi connectivity index (χ1v) is 10.3. The van der Waals surface area contributed by atoms with Crippen LogP contribution >= 0.6 is 0 Å². The van der Waals surface area contributed by atoms with E-state index in [2.05, 4.69) is 17.6 Å². The summed E-state index contributed by atoms with van der Waals surface area (Å²) in [4.78, 5) is 12.2. The molecule has 1 saturated heterocycles. The van der Waals surface area contributed by atoms with Crippen LogP contribution < -0.4 is 20.1 Å². The number of rotatable bonds is 10. The zero-order chi connectivity index (χ0) is 20.5. The lowest BCUT2D eigenvalue weighted by molar-refractivity contribution is -0.114. The average molecular weight is 399 g/mol. The van der Waals surface area contributed by atoms with Crippen LogP contribution in [0, 0.1) is 0 Å². The minimum absolute atomic E-state index is 0.112. The van der Waals surface area contributed by atoms with Crippen LogP contribution in [0.2, 0.25) is 0 Å². The van der Waals surface area contributed by atoms with Gasteiger partial charge in [0.1, 0.15) is 18.1 Å². The molecule has 0 aliphatic carbocycles. The summed E-state index contributed by atoms with van der Waals surface area (Å²) >= 11 is 0. The molecular weight excluding hydrogens is 368 g/mol. The second-order valence-corrected chi connectivity index (χ2v) is 7.23. The van der Waals surface area contributed by atoms with Gasteiger partial charge in [-0.05, 0) is 74.7 Å². The zero-order valence-electron chi connectivity index (χ0n) is 17.1. The van der Waals surface area contributed by atoms with Gasteiger partial charge in [0.2, 0.25) is 5.91 Å². The molecule has 3 rings (SSSR count). The van der Waals surface area contributed by atoms with Crippen molar-refractivity contribution in [2.24, 2.45) is 0 Å². The molecule has 0 aromatic heterocycles. The number of hydrogen-bond acceptors (Lipinski definition) is 5. The van der Waals surface area contributed by atoms with Crippen molar-refractivity contribution in [1.29, 1.82) is 0 Å². The second kappa shape index (κ2) is 10.7. The first kappa shape index (κ1) is 21.0. The van der Waals surface area contributed by atoms with Gasteiger partial charge in [0.15, 0.2) is 0 Å². The minimum Gasteiger partial charge on any atom is -0.491 e. The number of ether oxygens (including phenoxy) is 3. The first-order valence-electron chi connectivity index (χ1n) is 10.3. The molecule has 2 aromatic rings. The van der Waals surface area contributed by atoms with Gasteiger partial charge in [0, 0.05) is 18.0 Å². The third-order valence-electron chi connectivity index (χ3n) is 4.82. The lowest BCUT2D eigenvalue weighted by Crippen LogP contribution is -2.21. The number of nitrogens with one attached hydrogen (secondary N) is 2. The van der Waals surface area contributed by atoms with Crippen molar-refractivity contribution in [1.82, 2.24) is 0 Å². The van der Waals surface area contributed by atoms with Gasteiger partial charge in [-0.1, -0.05) is 6.92 Å². The van der Waals surface area contributed by atoms with Crippen LogP contribution in [-0.4, -0.2) is 37.9 Å². The summed E-state index contributed by atoms with van der Waals surface area (Å²) in [7, 11) is 0. The van der Waals surface area contributed by atoms with Crippen LogP contribution in [0.1, 0.15) is 33.1 Å². The van der Waals surface area contributed by atoms with Gasteiger partial charge in [-0.2, -0.15) is 0 Å². The second-order valence-electron chi connectivity index (χ2n) is 7.23. The summed E-state index contributed by atoms with van der Waals surface area (Å²) < 4.78 is 17.0. The van der Waals surface area contributed by atoms with Gasteiger partial charge in [-0.25, -0.2) is 0 Å². The molecule has 0 spiro atoms. The Bertz CT molecular complexity index is 755. The van der Waals surface area contributed by atoms with Crippen molar-refractivity contribution in [3.05, 3.63) is 48.5 Å². The maximum absolute atomic E-state index is 12.2. The van der Waals surface area contributed by atoms with E-state index in [4.69, 9.17) is 14.2 Å². The predicted octanol–water partition coefficient (Wildman–Crippen LogP) is 4.47. The molecule has 1 aliphatic heterocycles. The van der Waals surface area contributed by atoms with Crippen molar-refractivity contribution in [2.75, 3.05) is 30.4 Å². The maximum Gasteiger partial charge on any atom is 0.243 e. The molecule has 2 unspecified atom stereocenters. The number of hydrogen-bond donors (Lipinski definition) is 2. The highest BCUT2D eigenvalue weighted by Crippen LogP contribution is 2.19. The number of amides is 1.